The molecule has 1 aromatic rings. The first-order valence-electron chi connectivity index (χ1n) is 14.8. The minimum Gasteiger partial charge on any atom is -0.493 e. The van der Waals surface area contributed by atoms with Crippen LogP contribution in [0.1, 0.15) is 64.4 Å². The Labute approximate surface area is 242 Å². The highest BCUT2D eigenvalue weighted by atomic mass is 16.7. The number of aliphatic carboxylic acids is 1. The molecule has 11 heteroatoms. The zero-order valence-corrected chi connectivity index (χ0v) is 24.9. The van der Waals surface area contributed by atoms with Crippen molar-refractivity contribution in [1.82, 2.24) is 14.7 Å². The highest BCUT2D eigenvalue weighted by molar-refractivity contribution is 5.80. The average Bonchev–Trinajstić information content (AvgIpc) is 3.61. The monoisotopic (exact) mass is 574 g/mol. The number of carbonyl (C=O) groups excluding carboxylic acids is 2. The highest BCUT2D eigenvalue weighted by Gasteiger charge is 2.48. The molecule has 2 saturated heterocycles. The van der Waals surface area contributed by atoms with Gasteiger partial charge in [0.15, 0.2) is 11.5 Å². The summed E-state index contributed by atoms with van der Waals surface area (Å²) in [6.45, 7) is 9.61. The number of rotatable bonds is 14. The fraction of sp³-hybridized carbons (Fsp3) is 0.700. The first-order valence-corrected chi connectivity index (χ1v) is 14.8. The smallest absolute Gasteiger partial charge is 0.308 e. The molecule has 4 rings (SSSR count). The van der Waals surface area contributed by atoms with Gasteiger partial charge < -0.3 is 34.9 Å². The maximum absolute atomic E-state index is 13.6. The van der Waals surface area contributed by atoms with Crippen molar-refractivity contribution in [3.8, 4) is 17.2 Å². The topological polar surface area (TPSA) is 135 Å². The molecule has 0 aliphatic carbocycles. The molecular formula is C30H46N4O7. The number of nitrogens with two attached hydrogens (primary N) is 1. The van der Waals surface area contributed by atoms with E-state index >= 15 is 0 Å². The molecule has 3 aliphatic heterocycles. The van der Waals surface area contributed by atoms with E-state index in [9.17, 15) is 19.5 Å². The van der Waals surface area contributed by atoms with Gasteiger partial charge in [-0.2, -0.15) is 0 Å². The van der Waals surface area contributed by atoms with Crippen LogP contribution in [-0.4, -0.2) is 103 Å². The minimum absolute atomic E-state index is 0.0247. The summed E-state index contributed by atoms with van der Waals surface area (Å²) in [4.78, 5) is 44.9. The largest absolute Gasteiger partial charge is 0.493 e. The lowest BCUT2D eigenvalue weighted by Crippen LogP contribution is -2.46. The number of methoxy groups -OCH3 is 1. The van der Waals surface area contributed by atoms with E-state index in [0.717, 1.165) is 18.4 Å². The molecule has 0 saturated carbocycles. The third-order valence-electron chi connectivity index (χ3n) is 8.54. The van der Waals surface area contributed by atoms with E-state index in [2.05, 4.69) is 20.8 Å². The summed E-state index contributed by atoms with van der Waals surface area (Å²) in [5.74, 6) is -0.540. The average molecular weight is 575 g/mol. The van der Waals surface area contributed by atoms with E-state index in [1.165, 1.54) is 0 Å². The van der Waals surface area contributed by atoms with Crippen LogP contribution >= 0.6 is 0 Å². The van der Waals surface area contributed by atoms with Gasteiger partial charge in [0, 0.05) is 51.1 Å². The fourth-order valence-electron chi connectivity index (χ4n) is 6.49. The number of carboxylic acids is 1. The zero-order valence-electron chi connectivity index (χ0n) is 24.9. The Balaban J connectivity index is 1.62. The lowest BCUT2D eigenvalue weighted by Gasteiger charge is -2.31. The van der Waals surface area contributed by atoms with Crippen molar-refractivity contribution in [2.75, 3.05) is 59.7 Å². The number of ether oxygens (including phenoxy) is 3. The second-order valence-electron chi connectivity index (χ2n) is 12.2. The first kappa shape index (κ1) is 30.9. The number of hydrogen-bond donors (Lipinski definition) is 2. The fourth-order valence-corrected chi connectivity index (χ4v) is 6.49. The van der Waals surface area contributed by atoms with Crippen molar-refractivity contribution in [2.24, 2.45) is 17.1 Å². The summed E-state index contributed by atoms with van der Waals surface area (Å²) in [6, 6.07) is 3.21. The van der Waals surface area contributed by atoms with E-state index in [0.29, 0.717) is 75.8 Å². The number of likely N-dealkylation sites (tertiary alicyclic amines) is 2. The molecule has 0 radical (unpaired) electrons. The molecule has 3 atom stereocenters. The van der Waals surface area contributed by atoms with Crippen LogP contribution in [0.2, 0.25) is 0 Å². The van der Waals surface area contributed by atoms with Crippen LogP contribution in [0, 0.1) is 11.3 Å². The lowest BCUT2D eigenvalue weighted by molar-refractivity contribution is -0.144. The van der Waals surface area contributed by atoms with Crippen LogP contribution < -0.4 is 19.9 Å². The van der Waals surface area contributed by atoms with Gasteiger partial charge in [-0.1, -0.05) is 27.2 Å². The summed E-state index contributed by atoms with van der Waals surface area (Å²) in [7, 11) is 1.54. The van der Waals surface area contributed by atoms with Crippen molar-refractivity contribution < 1.29 is 33.7 Å². The maximum atomic E-state index is 13.6. The second-order valence-corrected chi connectivity index (χ2v) is 12.2. The lowest BCUT2D eigenvalue weighted by atomic mass is 9.84. The standard InChI is InChI=1S/C30H46N4O7/c1-5-6-10-32(11-7-9-31)26(36)17-34-16-21(20-13-23(39-4)28-24(14-20)40-19-41-28)27(29(37)38)22(34)8-12-33-18-30(2,3)15-25(33)35/h13-14,21-22,27H,5-12,15-19,31H2,1-4H3,(H,37,38)/t21-,22+,27-/m1/s1. The van der Waals surface area contributed by atoms with Gasteiger partial charge >= 0.3 is 5.97 Å². The normalized spacial score (nSPS) is 23.3. The Bertz CT molecular complexity index is 1100. The van der Waals surface area contributed by atoms with Crippen LogP contribution in [0.15, 0.2) is 12.1 Å². The zero-order chi connectivity index (χ0) is 29.7. The SMILES string of the molecule is CCCCN(CCCN)C(=O)CN1C[C@H](c2cc(OC)c3c(c2)OCO3)[C@@H](C(=O)O)[C@@H]1CCN1CC(C)(C)CC1=O. The Morgan fingerprint density at radius 2 is 1.98 bits per heavy atom. The van der Waals surface area contributed by atoms with Crippen LogP contribution in [0.3, 0.4) is 0 Å². The Morgan fingerprint density at radius 3 is 2.61 bits per heavy atom. The molecule has 0 spiro atoms. The van der Waals surface area contributed by atoms with E-state index in [1.54, 1.807) is 7.11 Å². The van der Waals surface area contributed by atoms with Crippen LogP contribution in [-0.2, 0) is 14.4 Å². The van der Waals surface area contributed by atoms with Crippen LogP contribution in [0.25, 0.3) is 0 Å². The van der Waals surface area contributed by atoms with E-state index in [4.69, 9.17) is 19.9 Å². The van der Waals surface area contributed by atoms with E-state index in [1.807, 2.05) is 26.8 Å². The van der Waals surface area contributed by atoms with Crippen LogP contribution in [0.4, 0.5) is 0 Å². The molecule has 0 aromatic heterocycles. The molecule has 1 aromatic carbocycles. The summed E-state index contributed by atoms with van der Waals surface area (Å²) in [5, 5.41) is 10.6. The Kier molecular flexibility index (Phi) is 10.0. The van der Waals surface area contributed by atoms with Crippen molar-refractivity contribution in [2.45, 2.75) is 64.8 Å². The van der Waals surface area contributed by atoms with Gasteiger partial charge in [-0.05, 0) is 48.9 Å². The number of fused-ring (bicyclic) bond motifs is 1. The predicted molar refractivity (Wildman–Crippen MR) is 153 cm³/mol. The summed E-state index contributed by atoms with van der Waals surface area (Å²) < 4.78 is 16.7. The van der Waals surface area contributed by atoms with Crippen LogP contribution in [0.5, 0.6) is 17.2 Å². The van der Waals surface area contributed by atoms with E-state index < -0.39 is 23.8 Å². The van der Waals surface area contributed by atoms with Gasteiger partial charge in [-0.15, -0.1) is 0 Å². The number of unbranched alkanes of at least 4 members (excludes halogenated alkanes) is 1. The van der Waals surface area contributed by atoms with Crippen molar-refractivity contribution in [3.63, 3.8) is 0 Å². The van der Waals surface area contributed by atoms with Gasteiger partial charge in [-0.25, -0.2) is 0 Å². The molecule has 11 nitrogen and oxygen atoms in total. The molecule has 0 unspecified atom stereocenters. The molecule has 3 aliphatic rings. The van der Waals surface area contributed by atoms with Gasteiger partial charge in [0.1, 0.15) is 0 Å². The molecule has 41 heavy (non-hydrogen) atoms. The number of carboxylic acid groups (broad SMARTS) is 1. The quantitative estimate of drug-likeness (QED) is 0.344. The number of nitrogens with zero attached hydrogens (tertiary/aromatic N) is 3. The molecular weight excluding hydrogens is 528 g/mol. The van der Waals surface area contributed by atoms with Crippen molar-refractivity contribution in [1.29, 1.82) is 0 Å². The van der Waals surface area contributed by atoms with E-state index in [-0.39, 0.29) is 30.6 Å². The van der Waals surface area contributed by atoms with Gasteiger partial charge in [0.25, 0.3) is 0 Å². The minimum atomic E-state index is -0.925. The number of carbonyl (C=O) groups is 3. The molecule has 2 fully saturated rings. The molecule has 3 N–H and O–H groups in total. The van der Waals surface area contributed by atoms with Crippen molar-refractivity contribution in [3.05, 3.63) is 17.7 Å². The number of amides is 2. The summed E-state index contributed by atoms with van der Waals surface area (Å²) in [6.07, 6.45) is 3.51. The third-order valence-corrected chi connectivity index (χ3v) is 8.54. The second kappa shape index (κ2) is 13.3. The molecule has 0 bridgehead atoms. The van der Waals surface area contributed by atoms with Gasteiger partial charge in [-0.3, -0.25) is 19.3 Å². The Morgan fingerprint density at radius 1 is 1.22 bits per heavy atom. The van der Waals surface area contributed by atoms with Gasteiger partial charge in [0.05, 0.1) is 19.6 Å². The molecule has 228 valence electrons. The van der Waals surface area contributed by atoms with Crippen molar-refractivity contribution >= 4 is 17.8 Å². The first-order chi connectivity index (χ1) is 19.6. The number of hydrogen-bond acceptors (Lipinski definition) is 8. The third kappa shape index (κ3) is 7.06. The summed E-state index contributed by atoms with van der Waals surface area (Å²) in [5.41, 5.74) is 6.40. The highest BCUT2D eigenvalue weighted by Crippen LogP contribution is 2.47. The maximum Gasteiger partial charge on any atom is 0.308 e. The summed E-state index contributed by atoms with van der Waals surface area (Å²) >= 11 is 0. The van der Waals surface area contributed by atoms with Gasteiger partial charge in [0.2, 0.25) is 24.4 Å². The molecule has 2 amide bonds. The predicted octanol–water partition coefficient (Wildman–Crippen LogP) is 2.52. The Hall–Kier alpha value is -3.05. The molecule has 3 heterocycles. The number of benzene rings is 1.